The van der Waals surface area contributed by atoms with Crippen molar-refractivity contribution in [3.8, 4) is 11.8 Å². The summed E-state index contributed by atoms with van der Waals surface area (Å²) in [6, 6.07) is 14.9. The van der Waals surface area contributed by atoms with E-state index in [0.29, 0.717) is 18.4 Å². The first kappa shape index (κ1) is 16.3. The fraction of sp³-hybridized carbons (Fsp3) is 0.167. The van der Waals surface area contributed by atoms with Crippen molar-refractivity contribution in [1.82, 2.24) is 20.2 Å². The van der Waals surface area contributed by atoms with E-state index >= 15 is 0 Å². The molecule has 0 radical (unpaired) electrons. The smallest absolute Gasteiger partial charge is 0.224 e. The molecule has 0 bridgehead atoms. The Balaban J connectivity index is 1.59. The molecule has 3 aromatic rings. The second-order valence-electron chi connectivity index (χ2n) is 5.61. The number of nitriles is 1. The van der Waals surface area contributed by atoms with E-state index in [4.69, 9.17) is 5.26 Å². The van der Waals surface area contributed by atoms with Gasteiger partial charge in [-0.15, -0.1) is 5.10 Å². The summed E-state index contributed by atoms with van der Waals surface area (Å²) < 4.78 is 1.58. The standard InChI is InChI=1S/C18H16N6O/c1-13-10-16(7-8-17(13)24-12-20-22-23-24)21-18(25)9-6-14-2-4-15(11-19)5-3-14/h2-5,7-8,10,12H,6,9H2,1H3,(H,21,25). The molecule has 0 saturated carbocycles. The van der Waals surface area contributed by atoms with Crippen molar-refractivity contribution < 1.29 is 4.79 Å². The van der Waals surface area contributed by atoms with Gasteiger partial charge in [0.1, 0.15) is 6.33 Å². The lowest BCUT2D eigenvalue weighted by molar-refractivity contribution is -0.116. The minimum Gasteiger partial charge on any atom is -0.326 e. The van der Waals surface area contributed by atoms with Crippen LogP contribution in [0.1, 0.15) is 23.1 Å². The zero-order valence-electron chi connectivity index (χ0n) is 13.7. The maximum Gasteiger partial charge on any atom is 0.224 e. The lowest BCUT2D eigenvalue weighted by atomic mass is 10.1. The van der Waals surface area contributed by atoms with Crippen LogP contribution in [0.4, 0.5) is 5.69 Å². The van der Waals surface area contributed by atoms with Gasteiger partial charge in [-0.25, -0.2) is 4.68 Å². The van der Waals surface area contributed by atoms with Crippen molar-refractivity contribution in [2.45, 2.75) is 19.8 Å². The number of hydrogen-bond acceptors (Lipinski definition) is 5. The fourth-order valence-corrected chi connectivity index (χ4v) is 2.49. The second-order valence-corrected chi connectivity index (χ2v) is 5.61. The number of rotatable bonds is 5. The largest absolute Gasteiger partial charge is 0.326 e. The molecule has 1 aromatic heterocycles. The van der Waals surface area contributed by atoms with E-state index in [1.165, 1.54) is 6.33 Å². The Hall–Kier alpha value is -3.53. The van der Waals surface area contributed by atoms with Crippen LogP contribution in [-0.4, -0.2) is 26.1 Å². The Morgan fingerprint density at radius 1 is 1.24 bits per heavy atom. The quantitative estimate of drug-likeness (QED) is 0.774. The van der Waals surface area contributed by atoms with Crippen LogP contribution in [0.2, 0.25) is 0 Å². The lowest BCUT2D eigenvalue weighted by Gasteiger charge is -2.09. The average molecular weight is 332 g/mol. The predicted molar refractivity (Wildman–Crippen MR) is 92.0 cm³/mol. The van der Waals surface area contributed by atoms with Crippen molar-refractivity contribution >= 4 is 11.6 Å². The monoisotopic (exact) mass is 332 g/mol. The zero-order chi connectivity index (χ0) is 17.6. The van der Waals surface area contributed by atoms with E-state index in [2.05, 4.69) is 26.9 Å². The lowest BCUT2D eigenvalue weighted by Crippen LogP contribution is -2.12. The van der Waals surface area contributed by atoms with Gasteiger partial charge < -0.3 is 5.32 Å². The van der Waals surface area contributed by atoms with Gasteiger partial charge in [-0.1, -0.05) is 12.1 Å². The van der Waals surface area contributed by atoms with Gasteiger partial charge in [0.15, 0.2) is 0 Å². The number of benzene rings is 2. The third-order valence-electron chi connectivity index (χ3n) is 3.80. The molecule has 0 spiro atoms. The molecule has 1 heterocycles. The molecule has 7 heteroatoms. The molecule has 124 valence electrons. The SMILES string of the molecule is Cc1cc(NC(=O)CCc2ccc(C#N)cc2)ccc1-n1cnnn1. The minimum atomic E-state index is -0.0565. The number of carbonyl (C=O) groups excluding carboxylic acids is 1. The van der Waals surface area contributed by atoms with Crippen molar-refractivity contribution in [3.05, 3.63) is 65.5 Å². The van der Waals surface area contributed by atoms with Crippen LogP contribution in [0.25, 0.3) is 5.69 Å². The Morgan fingerprint density at radius 3 is 2.68 bits per heavy atom. The molecule has 1 amide bonds. The molecule has 3 rings (SSSR count). The molecule has 0 aliphatic heterocycles. The molecular weight excluding hydrogens is 316 g/mol. The van der Waals surface area contributed by atoms with Crippen molar-refractivity contribution in [1.29, 1.82) is 5.26 Å². The van der Waals surface area contributed by atoms with Gasteiger partial charge in [-0.3, -0.25) is 4.79 Å². The van der Waals surface area contributed by atoms with Crippen LogP contribution in [0.3, 0.4) is 0 Å². The van der Waals surface area contributed by atoms with E-state index in [9.17, 15) is 4.79 Å². The maximum atomic E-state index is 12.1. The Morgan fingerprint density at radius 2 is 2.04 bits per heavy atom. The highest BCUT2D eigenvalue weighted by Crippen LogP contribution is 2.18. The molecule has 0 saturated heterocycles. The number of amides is 1. The van der Waals surface area contributed by atoms with Gasteiger partial charge in [0.05, 0.1) is 17.3 Å². The van der Waals surface area contributed by atoms with Gasteiger partial charge >= 0.3 is 0 Å². The number of hydrogen-bond donors (Lipinski definition) is 1. The van der Waals surface area contributed by atoms with Crippen molar-refractivity contribution in [3.63, 3.8) is 0 Å². The van der Waals surface area contributed by atoms with E-state index in [-0.39, 0.29) is 5.91 Å². The van der Waals surface area contributed by atoms with E-state index in [1.807, 2.05) is 37.3 Å². The molecule has 7 nitrogen and oxygen atoms in total. The van der Waals surface area contributed by atoms with E-state index in [1.54, 1.807) is 16.8 Å². The van der Waals surface area contributed by atoms with Crippen LogP contribution < -0.4 is 5.32 Å². The van der Waals surface area contributed by atoms with Crippen molar-refractivity contribution in [2.24, 2.45) is 0 Å². The summed E-state index contributed by atoms with van der Waals surface area (Å²) in [5.41, 5.74) is 4.20. The number of anilines is 1. The maximum absolute atomic E-state index is 12.1. The van der Waals surface area contributed by atoms with Gasteiger partial charge in [0, 0.05) is 12.1 Å². The summed E-state index contributed by atoms with van der Waals surface area (Å²) >= 11 is 0. The molecule has 2 aromatic carbocycles. The third-order valence-corrected chi connectivity index (χ3v) is 3.80. The number of aromatic nitrogens is 4. The number of tetrazole rings is 1. The summed E-state index contributed by atoms with van der Waals surface area (Å²) in [5, 5.41) is 22.8. The first-order valence-electron chi connectivity index (χ1n) is 7.78. The highest BCUT2D eigenvalue weighted by atomic mass is 16.1. The van der Waals surface area contributed by atoms with Gasteiger partial charge in [0.25, 0.3) is 0 Å². The minimum absolute atomic E-state index is 0.0565. The van der Waals surface area contributed by atoms with E-state index in [0.717, 1.165) is 22.5 Å². The van der Waals surface area contributed by atoms with Crippen LogP contribution in [-0.2, 0) is 11.2 Å². The first-order valence-corrected chi connectivity index (χ1v) is 7.78. The van der Waals surface area contributed by atoms with Crippen LogP contribution >= 0.6 is 0 Å². The molecule has 0 unspecified atom stereocenters. The highest BCUT2D eigenvalue weighted by Gasteiger charge is 2.07. The summed E-state index contributed by atoms with van der Waals surface area (Å²) in [6.07, 6.45) is 2.52. The molecule has 25 heavy (non-hydrogen) atoms. The van der Waals surface area contributed by atoms with Crippen LogP contribution in [0.5, 0.6) is 0 Å². The molecule has 0 aliphatic carbocycles. The molecule has 0 fully saturated rings. The summed E-state index contributed by atoms with van der Waals surface area (Å²) in [7, 11) is 0. The molecular formula is C18H16N6O. The number of aryl methyl sites for hydroxylation is 2. The van der Waals surface area contributed by atoms with Gasteiger partial charge in [0.2, 0.25) is 5.91 Å². The van der Waals surface area contributed by atoms with Gasteiger partial charge in [-0.2, -0.15) is 5.26 Å². The van der Waals surface area contributed by atoms with Crippen LogP contribution in [0, 0.1) is 18.3 Å². The van der Waals surface area contributed by atoms with Gasteiger partial charge in [-0.05, 0) is 65.2 Å². The summed E-state index contributed by atoms with van der Waals surface area (Å²) in [6.45, 7) is 1.93. The molecule has 0 atom stereocenters. The summed E-state index contributed by atoms with van der Waals surface area (Å²) in [5.74, 6) is -0.0565. The Kier molecular flexibility index (Phi) is 4.81. The highest BCUT2D eigenvalue weighted by molar-refractivity contribution is 5.91. The second kappa shape index (κ2) is 7.36. The third kappa shape index (κ3) is 4.06. The van der Waals surface area contributed by atoms with E-state index < -0.39 is 0 Å². The molecule has 1 N–H and O–H groups in total. The fourth-order valence-electron chi connectivity index (χ4n) is 2.49. The Labute approximate surface area is 144 Å². The Bertz CT molecular complexity index is 910. The predicted octanol–water partition coefficient (Wildman–Crippen LogP) is 2.41. The molecule has 0 aliphatic rings. The first-order chi connectivity index (χ1) is 12.2. The van der Waals surface area contributed by atoms with Crippen molar-refractivity contribution in [2.75, 3.05) is 5.32 Å². The number of carbonyl (C=O) groups is 1. The summed E-state index contributed by atoms with van der Waals surface area (Å²) in [4.78, 5) is 12.1. The average Bonchev–Trinajstić information content (AvgIpc) is 3.15. The number of nitrogens with zero attached hydrogens (tertiary/aromatic N) is 5. The normalized spacial score (nSPS) is 10.2. The number of nitrogens with one attached hydrogen (secondary N) is 1. The van der Waals surface area contributed by atoms with Crippen LogP contribution in [0.15, 0.2) is 48.8 Å². The topological polar surface area (TPSA) is 96.5 Å². The zero-order valence-corrected chi connectivity index (χ0v) is 13.7.